The highest BCUT2D eigenvalue weighted by Gasteiger charge is 2.21. The second-order valence-corrected chi connectivity index (χ2v) is 5.68. The molecule has 23 heavy (non-hydrogen) atoms. The molecule has 0 heterocycles. The highest BCUT2D eigenvalue weighted by molar-refractivity contribution is 6.30. The van der Waals surface area contributed by atoms with Gasteiger partial charge < -0.3 is 9.84 Å². The lowest BCUT2D eigenvalue weighted by Gasteiger charge is -2.16. The number of benzene rings is 3. The summed E-state index contributed by atoms with van der Waals surface area (Å²) in [6.45, 7) is 0. The van der Waals surface area contributed by atoms with Gasteiger partial charge in [-0.25, -0.2) is 4.79 Å². The molecule has 0 fully saturated rings. The number of aliphatic carboxylic acids is 1. The Morgan fingerprint density at radius 3 is 2.43 bits per heavy atom. The van der Waals surface area contributed by atoms with Crippen LogP contribution in [-0.2, 0) is 11.2 Å². The standard InChI is InChI=1S/C19H15ClO3/c20-15-8-10-16(11-9-15)23-18(19(21)22)12-14-6-3-5-13-4-1-2-7-17(13)14/h1-11,18H,12H2,(H,21,22)/t18-/m0/s1. The molecular formula is C19H15ClO3. The zero-order valence-electron chi connectivity index (χ0n) is 12.3. The molecule has 1 atom stereocenters. The van der Waals surface area contributed by atoms with E-state index in [0.29, 0.717) is 17.2 Å². The number of hydrogen-bond acceptors (Lipinski definition) is 2. The number of hydrogen-bond donors (Lipinski definition) is 1. The number of rotatable bonds is 5. The lowest BCUT2D eigenvalue weighted by Crippen LogP contribution is -2.29. The maximum Gasteiger partial charge on any atom is 0.345 e. The predicted octanol–water partition coefficient (Wildman–Crippen LogP) is 4.57. The highest BCUT2D eigenvalue weighted by atomic mass is 35.5. The summed E-state index contributed by atoms with van der Waals surface area (Å²) < 4.78 is 5.63. The fourth-order valence-electron chi connectivity index (χ4n) is 2.53. The van der Waals surface area contributed by atoms with Crippen molar-refractivity contribution < 1.29 is 14.6 Å². The van der Waals surface area contributed by atoms with Crippen LogP contribution < -0.4 is 4.74 Å². The van der Waals surface area contributed by atoms with Gasteiger partial charge in [-0.15, -0.1) is 0 Å². The first-order valence-corrected chi connectivity index (χ1v) is 7.63. The monoisotopic (exact) mass is 326 g/mol. The van der Waals surface area contributed by atoms with Gasteiger partial charge in [0.2, 0.25) is 0 Å². The fraction of sp³-hybridized carbons (Fsp3) is 0.105. The van der Waals surface area contributed by atoms with Crippen LogP contribution in [0.2, 0.25) is 5.02 Å². The average molecular weight is 327 g/mol. The number of ether oxygens (including phenoxy) is 1. The minimum absolute atomic E-state index is 0.291. The van der Waals surface area contributed by atoms with Crippen molar-refractivity contribution in [3.8, 4) is 5.75 Å². The Balaban J connectivity index is 1.87. The highest BCUT2D eigenvalue weighted by Crippen LogP contribution is 2.22. The lowest BCUT2D eigenvalue weighted by atomic mass is 10.00. The molecule has 0 spiro atoms. The van der Waals surface area contributed by atoms with Crippen molar-refractivity contribution in [3.63, 3.8) is 0 Å². The summed E-state index contributed by atoms with van der Waals surface area (Å²) in [5.41, 5.74) is 0.949. The van der Waals surface area contributed by atoms with Gasteiger partial charge >= 0.3 is 5.97 Å². The van der Waals surface area contributed by atoms with Crippen molar-refractivity contribution >= 4 is 28.3 Å². The van der Waals surface area contributed by atoms with Crippen molar-refractivity contribution in [2.24, 2.45) is 0 Å². The minimum Gasteiger partial charge on any atom is -0.478 e. The molecule has 3 nitrogen and oxygen atoms in total. The molecule has 0 saturated heterocycles. The van der Waals surface area contributed by atoms with E-state index < -0.39 is 12.1 Å². The molecule has 0 aliphatic heterocycles. The van der Waals surface area contributed by atoms with E-state index in [4.69, 9.17) is 16.3 Å². The molecule has 0 amide bonds. The maximum absolute atomic E-state index is 11.6. The molecule has 0 bridgehead atoms. The predicted molar refractivity (Wildman–Crippen MR) is 91.2 cm³/mol. The second-order valence-electron chi connectivity index (χ2n) is 5.24. The van der Waals surface area contributed by atoms with E-state index in [1.165, 1.54) is 0 Å². The Bertz CT molecular complexity index is 822. The van der Waals surface area contributed by atoms with E-state index >= 15 is 0 Å². The van der Waals surface area contributed by atoms with E-state index in [1.54, 1.807) is 24.3 Å². The largest absolute Gasteiger partial charge is 0.478 e. The van der Waals surface area contributed by atoms with Crippen molar-refractivity contribution in [3.05, 3.63) is 77.3 Å². The molecule has 0 radical (unpaired) electrons. The first-order valence-electron chi connectivity index (χ1n) is 7.25. The van der Waals surface area contributed by atoms with Crippen molar-refractivity contribution in [1.29, 1.82) is 0 Å². The molecule has 0 aromatic heterocycles. The molecule has 3 aromatic carbocycles. The van der Waals surface area contributed by atoms with Gasteiger partial charge in [-0.2, -0.15) is 0 Å². The Hall–Kier alpha value is -2.52. The van der Waals surface area contributed by atoms with Crippen molar-refractivity contribution in [2.75, 3.05) is 0 Å². The number of carboxylic acids is 1. The van der Waals surface area contributed by atoms with Gasteiger partial charge in [0.1, 0.15) is 5.75 Å². The van der Waals surface area contributed by atoms with Crippen LogP contribution in [0.5, 0.6) is 5.75 Å². The molecule has 116 valence electrons. The smallest absolute Gasteiger partial charge is 0.345 e. The number of carboxylic acid groups (broad SMARTS) is 1. The van der Waals surface area contributed by atoms with Gasteiger partial charge in [0.15, 0.2) is 6.10 Å². The third-order valence-electron chi connectivity index (χ3n) is 3.65. The second kappa shape index (κ2) is 6.71. The third-order valence-corrected chi connectivity index (χ3v) is 3.90. The van der Waals surface area contributed by atoms with Crippen LogP contribution in [0.4, 0.5) is 0 Å². The summed E-state index contributed by atoms with van der Waals surface area (Å²) in [6, 6.07) is 20.5. The summed E-state index contributed by atoms with van der Waals surface area (Å²) in [4.78, 5) is 11.6. The van der Waals surface area contributed by atoms with Crippen LogP contribution in [0.1, 0.15) is 5.56 Å². The average Bonchev–Trinajstić information content (AvgIpc) is 2.56. The quantitative estimate of drug-likeness (QED) is 0.747. The van der Waals surface area contributed by atoms with E-state index in [0.717, 1.165) is 16.3 Å². The van der Waals surface area contributed by atoms with E-state index in [1.807, 2.05) is 42.5 Å². The first-order chi connectivity index (χ1) is 11.1. The van der Waals surface area contributed by atoms with E-state index in [2.05, 4.69) is 0 Å². The SMILES string of the molecule is O=C(O)[C@H](Cc1cccc2ccccc12)Oc1ccc(Cl)cc1. The van der Waals surface area contributed by atoms with E-state index in [-0.39, 0.29) is 0 Å². The van der Waals surface area contributed by atoms with Crippen LogP contribution in [0, 0.1) is 0 Å². The lowest BCUT2D eigenvalue weighted by molar-refractivity contribution is -0.145. The summed E-state index contributed by atoms with van der Waals surface area (Å²) >= 11 is 5.83. The normalized spacial score (nSPS) is 12.0. The van der Waals surface area contributed by atoms with Gasteiger partial charge in [0, 0.05) is 11.4 Å². The molecule has 0 aliphatic carbocycles. The Kier molecular flexibility index (Phi) is 4.49. The summed E-state index contributed by atoms with van der Waals surface area (Å²) in [6.07, 6.45) is -0.666. The zero-order chi connectivity index (χ0) is 16.2. The van der Waals surface area contributed by atoms with Gasteiger partial charge in [0.05, 0.1) is 0 Å². The van der Waals surface area contributed by atoms with Crippen LogP contribution in [-0.4, -0.2) is 17.2 Å². The molecule has 0 unspecified atom stereocenters. The molecule has 0 saturated carbocycles. The first kappa shape index (κ1) is 15.4. The van der Waals surface area contributed by atoms with Crippen LogP contribution in [0.25, 0.3) is 10.8 Å². The van der Waals surface area contributed by atoms with Crippen molar-refractivity contribution in [1.82, 2.24) is 0 Å². The van der Waals surface area contributed by atoms with E-state index in [9.17, 15) is 9.90 Å². The van der Waals surface area contributed by atoms with Crippen LogP contribution in [0.15, 0.2) is 66.7 Å². The van der Waals surface area contributed by atoms with Gasteiger partial charge in [-0.3, -0.25) is 0 Å². The Morgan fingerprint density at radius 1 is 1.00 bits per heavy atom. The van der Waals surface area contributed by atoms with Crippen LogP contribution in [0.3, 0.4) is 0 Å². The summed E-state index contributed by atoms with van der Waals surface area (Å²) in [5.74, 6) is -0.505. The van der Waals surface area contributed by atoms with Crippen molar-refractivity contribution in [2.45, 2.75) is 12.5 Å². The minimum atomic E-state index is -0.993. The summed E-state index contributed by atoms with van der Waals surface area (Å²) in [7, 11) is 0. The van der Waals surface area contributed by atoms with Gasteiger partial charge in [-0.1, -0.05) is 54.1 Å². The molecule has 4 heteroatoms. The number of carbonyl (C=O) groups is 1. The Labute approximate surface area is 139 Å². The molecular weight excluding hydrogens is 312 g/mol. The molecule has 3 aromatic rings. The topological polar surface area (TPSA) is 46.5 Å². The number of halogens is 1. The summed E-state index contributed by atoms with van der Waals surface area (Å²) in [5, 5.41) is 12.2. The fourth-order valence-corrected chi connectivity index (χ4v) is 2.65. The molecule has 0 aliphatic rings. The Morgan fingerprint density at radius 2 is 1.70 bits per heavy atom. The van der Waals surface area contributed by atoms with Crippen LogP contribution >= 0.6 is 11.6 Å². The third kappa shape index (κ3) is 3.63. The molecule has 3 rings (SSSR count). The number of fused-ring (bicyclic) bond motifs is 1. The maximum atomic E-state index is 11.6. The van der Waals surface area contributed by atoms with Gasteiger partial charge in [-0.05, 0) is 40.6 Å². The molecule has 1 N–H and O–H groups in total. The van der Waals surface area contributed by atoms with Gasteiger partial charge in [0.25, 0.3) is 0 Å². The zero-order valence-corrected chi connectivity index (χ0v) is 13.0.